The summed E-state index contributed by atoms with van der Waals surface area (Å²) in [7, 11) is 3.98. The van der Waals surface area contributed by atoms with Gasteiger partial charge in [0, 0.05) is 31.7 Å². The summed E-state index contributed by atoms with van der Waals surface area (Å²) in [6, 6.07) is 17.2. The van der Waals surface area contributed by atoms with Crippen LogP contribution in [0.4, 0.5) is 22.7 Å². The Hall–Kier alpha value is -4.06. The zero-order valence-corrected chi connectivity index (χ0v) is 14.8. The molecule has 9 heteroatoms. The molecular weight excluding hydrogens is 342 g/mol. The predicted octanol–water partition coefficient (Wildman–Crippen LogP) is 3.66. The van der Waals surface area contributed by atoms with Gasteiger partial charge in [-0.05, 0) is 53.7 Å². The summed E-state index contributed by atoms with van der Waals surface area (Å²) in [5, 5.41) is 33.9. The van der Waals surface area contributed by atoms with Crippen molar-refractivity contribution >= 4 is 28.3 Å². The van der Waals surface area contributed by atoms with Crippen LogP contribution in [-0.4, -0.2) is 34.7 Å². The first-order chi connectivity index (χ1) is 13.2. The maximum absolute atomic E-state index is 9.14. The summed E-state index contributed by atoms with van der Waals surface area (Å²) in [6.45, 7) is 0. The number of hydrogen-bond acceptors (Lipinski definition) is 8. The van der Waals surface area contributed by atoms with E-state index in [1.807, 2.05) is 73.6 Å². The zero-order valence-electron chi connectivity index (χ0n) is 14.8. The van der Waals surface area contributed by atoms with E-state index in [0.29, 0.717) is 0 Å². The molecule has 3 aromatic rings. The second kappa shape index (κ2) is 8.35. The van der Waals surface area contributed by atoms with Crippen molar-refractivity contribution < 1.29 is 0 Å². The molecule has 0 saturated carbocycles. The summed E-state index contributed by atoms with van der Waals surface area (Å²) in [4.78, 5) is 2.03. The second-order valence-electron chi connectivity index (χ2n) is 5.71. The Labute approximate surface area is 156 Å². The predicted molar refractivity (Wildman–Crippen MR) is 103 cm³/mol. The van der Waals surface area contributed by atoms with E-state index in [4.69, 9.17) is 5.26 Å². The van der Waals surface area contributed by atoms with E-state index < -0.39 is 0 Å². The molecule has 0 saturated heterocycles. The van der Waals surface area contributed by atoms with Gasteiger partial charge >= 0.3 is 0 Å². The normalized spacial score (nSPS) is 11.4. The summed E-state index contributed by atoms with van der Waals surface area (Å²) >= 11 is 0. The van der Waals surface area contributed by atoms with Gasteiger partial charge in [-0.15, -0.1) is 10.2 Å². The number of tetrazole rings is 1. The number of allylic oxidation sites excluding steroid dienone is 1. The standard InChI is InChI=1S/C18H17N9/c1-27(2)17-9-7-16(8-10-17)22-21-15-5-3-14(4-6-15)20-12-13(11-19)18-23-25-26-24-18/h3-10,12,20H,1-2H3,(H,23,24,25,26). The van der Waals surface area contributed by atoms with Crippen LogP contribution in [0.15, 0.2) is 65.0 Å². The Morgan fingerprint density at radius 3 is 2.22 bits per heavy atom. The van der Waals surface area contributed by atoms with Crippen molar-refractivity contribution in [2.24, 2.45) is 10.2 Å². The van der Waals surface area contributed by atoms with Crippen LogP contribution < -0.4 is 10.2 Å². The molecule has 2 aromatic carbocycles. The average molecular weight is 359 g/mol. The van der Waals surface area contributed by atoms with E-state index in [2.05, 4.69) is 36.2 Å². The van der Waals surface area contributed by atoms with Crippen molar-refractivity contribution in [1.82, 2.24) is 20.6 Å². The summed E-state index contributed by atoms with van der Waals surface area (Å²) in [5.74, 6) is 0.232. The highest BCUT2D eigenvalue weighted by atomic mass is 15.5. The number of nitrogens with one attached hydrogen (secondary N) is 2. The molecule has 27 heavy (non-hydrogen) atoms. The van der Waals surface area contributed by atoms with Crippen molar-refractivity contribution in [2.45, 2.75) is 0 Å². The number of nitrogens with zero attached hydrogens (tertiary/aromatic N) is 7. The number of anilines is 2. The number of azo groups is 1. The van der Waals surface area contributed by atoms with Gasteiger partial charge in [-0.3, -0.25) is 0 Å². The van der Waals surface area contributed by atoms with Crippen molar-refractivity contribution in [3.8, 4) is 6.07 Å². The smallest absolute Gasteiger partial charge is 0.216 e. The minimum Gasteiger partial charge on any atom is -0.378 e. The van der Waals surface area contributed by atoms with Gasteiger partial charge in [0.15, 0.2) is 0 Å². The summed E-state index contributed by atoms with van der Waals surface area (Å²) < 4.78 is 0. The summed E-state index contributed by atoms with van der Waals surface area (Å²) in [6.07, 6.45) is 1.52. The van der Waals surface area contributed by atoms with E-state index in [9.17, 15) is 0 Å². The molecule has 0 aliphatic carbocycles. The molecule has 3 rings (SSSR count). The molecule has 0 amide bonds. The molecule has 9 nitrogen and oxygen atoms in total. The highest BCUT2D eigenvalue weighted by Crippen LogP contribution is 2.22. The fourth-order valence-electron chi connectivity index (χ4n) is 2.14. The van der Waals surface area contributed by atoms with E-state index in [1.165, 1.54) is 6.20 Å². The van der Waals surface area contributed by atoms with E-state index >= 15 is 0 Å². The van der Waals surface area contributed by atoms with E-state index in [-0.39, 0.29) is 11.4 Å². The highest BCUT2D eigenvalue weighted by molar-refractivity contribution is 5.74. The number of rotatable bonds is 6. The minimum absolute atomic E-state index is 0.232. The van der Waals surface area contributed by atoms with Gasteiger partial charge in [0.2, 0.25) is 5.82 Å². The molecule has 0 fully saturated rings. The van der Waals surface area contributed by atoms with Gasteiger partial charge in [-0.2, -0.15) is 20.7 Å². The lowest BCUT2D eigenvalue weighted by Crippen LogP contribution is -2.07. The molecule has 0 aliphatic heterocycles. The van der Waals surface area contributed by atoms with Gasteiger partial charge < -0.3 is 10.2 Å². The lowest BCUT2D eigenvalue weighted by Gasteiger charge is -2.11. The number of benzene rings is 2. The van der Waals surface area contributed by atoms with Crippen LogP contribution in [-0.2, 0) is 0 Å². The maximum Gasteiger partial charge on any atom is 0.216 e. The Kier molecular flexibility index (Phi) is 5.49. The largest absolute Gasteiger partial charge is 0.378 e. The molecule has 0 radical (unpaired) electrons. The average Bonchev–Trinajstić information content (AvgIpc) is 3.23. The molecule has 0 atom stereocenters. The van der Waals surface area contributed by atoms with Gasteiger partial charge in [0.25, 0.3) is 0 Å². The number of hydrogen-bond donors (Lipinski definition) is 2. The maximum atomic E-state index is 9.14. The van der Waals surface area contributed by atoms with Gasteiger partial charge in [-0.25, -0.2) is 0 Å². The van der Waals surface area contributed by atoms with Crippen LogP contribution in [0.25, 0.3) is 5.57 Å². The SMILES string of the molecule is CN(C)c1ccc(N=Nc2ccc(NC=C(C#N)c3nn[nH]n3)cc2)cc1. The molecule has 1 heterocycles. The minimum atomic E-state index is 0.232. The molecular formula is C18H17N9. The van der Waals surface area contributed by atoms with Gasteiger partial charge in [0.1, 0.15) is 11.6 Å². The fraction of sp³-hybridized carbons (Fsp3) is 0.111. The first kappa shape index (κ1) is 17.8. The number of aromatic nitrogens is 4. The second-order valence-corrected chi connectivity index (χ2v) is 5.71. The molecule has 0 unspecified atom stereocenters. The number of aromatic amines is 1. The number of nitriles is 1. The molecule has 134 valence electrons. The monoisotopic (exact) mass is 359 g/mol. The first-order valence-corrected chi connectivity index (χ1v) is 8.05. The molecule has 0 spiro atoms. The third kappa shape index (κ3) is 4.73. The van der Waals surface area contributed by atoms with Crippen LogP contribution >= 0.6 is 0 Å². The van der Waals surface area contributed by atoms with Crippen LogP contribution in [0.2, 0.25) is 0 Å². The van der Waals surface area contributed by atoms with Crippen molar-refractivity contribution in [3.63, 3.8) is 0 Å². The Morgan fingerprint density at radius 1 is 1.07 bits per heavy atom. The third-order valence-electron chi connectivity index (χ3n) is 3.60. The van der Waals surface area contributed by atoms with Crippen LogP contribution in [0, 0.1) is 11.3 Å². The summed E-state index contributed by atoms with van der Waals surface area (Å²) in [5.41, 5.74) is 3.67. The van der Waals surface area contributed by atoms with Gasteiger partial charge in [-0.1, -0.05) is 0 Å². The molecule has 2 N–H and O–H groups in total. The fourth-order valence-corrected chi connectivity index (χ4v) is 2.14. The Morgan fingerprint density at radius 2 is 1.70 bits per heavy atom. The molecule has 1 aromatic heterocycles. The van der Waals surface area contributed by atoms with Crippen molar-refractivity contribution in [3.05, 3.63) is 60.6 Å². The lowest BCUT2D eigenvalue weighted by molar-refractivity contribution is 0.881. The first-order valence-electron chi connectivity index (χ1n) is 8.05. The quantitative estimate of drug-likeness (QED) is 0.512. The van der Waals surface area contributed by atoms with Crippen LogP contribution in [0.5, 0.6) is 0 Å². The van der Waals surface area contributed by atoms with Crippen LogP contribution in [0.1, 0.15) is 5.82 Å². The highest BCUT2D eigenvalue weighted by Gasteiger charge is 2.05. The molecule has 0 aliphatic rings. The molecule has 0 bridgehead atoms. The van der Waals surface area contributed by atoms with Crippen molar-refractivity contribution in [2.75, 3.05) is 24.3 Å². The third-order valence-corrected chi connectivity index (χ3v) is 3.60. The van der Waals surface area contributed by atoms with Gasteiger partial charge in [0.05, 0.1) is 11.4 Å². The van der Waals surface area contributed by atoms with E-state index in [1.54, 1.807) is 0 Å². The zero-order chi connectivity index (χ0) is 19.1. The number of H-pyrrole nitrogens is 1. The van der Waals surface area contributed by atoms with Crippen LogP contribution in [0.3, 0.4) is 0 Å². The lowest BCUT2D eigenvalue weighted by atomic mass is 10.2. The van der Waals surface area contributed by atoms with Crippen molar-refractivity contribution in [1.29, 1.82) is 5.26 Å². The van der Waals surface area contributed by atoms with E-state index in [0.717, 1.165) is 22.7 Å². The Balaban J connectivity index is 1.64. The Bertz CT molecular complexity index is 963. The topological polar surface area (TPSA) is 118 Å².